The van der Waals surface area contributed by atoms with E-state index in [2.05, 4.69) is 41.5 Å². The summed E-state index contributed by atoms with van der Waals surface area (Å²) in [6.07, 6.45) is 7.91. The zero-order valence-electron chi connectivity index (χ0n) is 39.6. The average Bonchev–Trinajstić information content (AvgIpc) is 4.06. The Morgan fingerprint density at radius 3 is 1.89 bits per heavy atom. The van der Waals surface area contributed by atoms with Gasteiger partial charge in [-0.2, -0.15) is 0 Å². The number of primary amides is 1. The number of nitrogens with one attached hydrogen (secondary N) is 7. The maximum absolute atomic E-state index is 14.8. The summed E-state index contributed by atoms with van der Waals surface area (Å²) in [4.78, 5) is 93.2. The summed E-state index contributed by atoms with van der Waals surface area (Å²) in [6.45, 7) is 1.49. The number of hydrogen-bond acceptors (Lipinski definition) is 10. The molecule has 0 aliphatic heterocycles. The first kappa shape index (κ1) is 50.9. The van der Waals surface area contributed by atoms with Crippen molar-refractivity contribution in [2.75, 3.05) is 6.61 Å². The van der Waals surface area contributed by atoms with Crippen LogP contribution in [0.2, 0.25) is 0 Å². The van der Waals surface area contributed by atoms with Crippen LogP contribution in [0.5, 0.6) is 5.75 Å². The lowest BCUT2D eigenvalue weighted by molar-refractivity contribution is -0.135. The van der Waals surface area contributed by atoms with E-state index < -0.39 is 65.8 Å². The fourth-order valence-electron chi connectivity index (χ4n) is 8.23. The number of benzene rings is 4. The molecule has 71 heavy (non-hydrogen) atoms. The summed E-state index contributed by atoms with van der Waals surface area (Å²) in [5, 5.41) is 14.5. The first-order valence-electron chi connectivity index (χ1n) is 23.8. The van der Waals surface area contributed by atoms with Crippen molar-refractivity contribution < 1.29 is 43.0 Å². The van der Waals surface area contributed by atoms with Gasteiger partial charge >= 0.3 is 6.09 Å². The Bertz CT molecular complexity index is 2670. The molecule has 7 rings (SSSR count). The van der Waals surface area contributed by atoms with Crippen LogP contribution in [-0.2, 0) is 65.9 Å². The zero-order valence-corrected chi connectivity index (χ0v) is 39.6. The first-order chi connectivity index (χ1) is 34.5. The molecule has 0 saturated heterocycles. The minimum atomic E-state index is -1.42. The van der Waals surface area contributed by atoms with Crippen LogP contribution in [0.25, 0.3) is 10.9 Å². The Morgan fingerprint density at radius 2 is 1.23 bits per heavy atom. The van der Waals surface area contributed by atoms with E-state index in [0.29, 0.717) is 42.0 Å². The third kappa shape index (κ3) is 15.5. The predicted octanol–water partition coefficient (Wildman–Crippen LogP) is 4.59. The van der Waals surface area contributed by atoms with Crippen molar-refractivity contribution >= 4 is 46.5 Å². The highest BCUT2D eigenvalue weighted by Crippen LogP contribution is 2.22. The second-order valence-electron chi connectivity index (χ2n) is 17.6. The van der Waals surface area contributed by atoms with Gasteiger partial charge in [0.15, 0.2) is 0 Å². The molecule has 1 fully saturated rings. The van der Waals surface area contributed by atoms with Gasteiger partial charge in [0.1, 0.15) is 48.7 Å². The van der Waals surface area contributed by atoms with E-state index in [1.807, 2.05) is 84.9 Å². The van der Waals surface area contributed by atoms with Crippen LogP contribution in [0.15, 0.2) is 128 Å². The molecule has 6 aromatic rings. The number of nitrogens with two attached hydrogens (primary N) is 1. The van der Waals surface area contributed by atoms with Gasteiger partial charge in [0.25, 0.3) is 0 Å². The number of carbonyl (C=O) groups is 6. The summed E-state index contributed by atoms with van der Waals surface area (Å²) in [7, 11) is 0. The molecular weight excluding hydrogens is 907 g/mol. The molecule has 1 saturated carbocycles. The second kappa shape index (κ2) is 25.6. The number of carbonyl (C=O) groups excluding carboxylic acids is 6. The highest BCUT2D eigenvalue weighted by molar-refractivity contribution is 5.97. The number of H-pyrrole nitrogens is 2. The lowest BCUT2D eigenvalue weighted by atomic mass is 9.98. The Balaban J connectivity index is 1.15. The van der Waals surface area contributed by atoms with E-state index >= 15 is 0 Å². The molecule has 0 unspecified atom stereocenters. The molecule has 2 aromatic heterocycles. The molecule has 372 valence electrons. The van der Waals surface area contributed by atoms with Crippen LogP contribution >= 0.6 is 0 Å². The number of fused-ring (bicyclic) bond motifs is 1. The van der Waals surface area contributed by atoms with Crippen LogP contribution in [0.3, 0.4) is 0 Å². The molecule has 0 radical (unpaired) electrons. The second-order valence-corrected chi connectivity index (χ2v) is 17.6. The molecule has 5 atom stereocenters. The molecule has 18 nitrogen and oxygen atoms in total. The number of aromatic nitrogens is 3. The van der Waals surface area contributed by atoms with Gasteiger partial charge in [-0.15, -0.1) is 0 Å². The highest BCUT2D eigenvalue weighted by Gasteiger charge is 2.34. The number of aromatic amines is 2. The van der Waals surface area contributed by atoms with Gasteiger partial charge in [0.05, 0.1) is 19.5 Å². The first-order valence-corrected chi connectivity index (χ1v) is 23.8. The van der Waals surface area contributed by atoms with Crippen LogP contribution in [0.4, 0.5) is 4.79 Å². The topological polar surface area (TPSA) is 261 Å². The van der Waals surface area contributed by atoms with Crippen molar-refractivity contribution in [2.45, 2.75) is 108 Å². The summed E-state index contributed by atoms with van der Waals surface area (Å²) in [6, 6.07) is 27.1. The molecule has 2 heterocycles. The minimum Gasteiger partial charge on any atom is -0.489 e. The summed E-state index contributed by atoms with van der Waals surface area (Å²) >= 11 is 0. The Labute approximate surface area is 411 Å². The van der Waals surface area contributed by atoms with E-state index in [1.54, 1.807) is 30.5 Å². The largest absolute Gasteiger partial charge is 0.489 e. The zero-order chi connectivity index (χ0) is 50.0. The predicted molar refractivity (Wildman–Crippen MR) is 264 cm³/mol. The van der Waals surface area contributed by atoms with Crippen LogP contribution in [0, 0.1) is 0 Å². The molecule has 6 amide bonds. The van der Waals surface area contributed by atoms with Crippen molar-refractivity contribution in [3.63, 3.8) is 0 Å². The number of rotatable bonds is 24. The van der Waals surface area contributed by atoms with E-state index in [9.17, 15) is 28.8 Å². The van der Waals surface area contributed by atoms with Crippen molar-refractivity contribution in [3.8, 4) is 5.75 Å². The lowest BCUT2D eigenvalue weighted by Gasteiger charge is -2.27. The Morgan fingerprint density at radius 1 is 0.634 bits per heavy atom. The van der Waals surface area contributed by atoms with Crippen LogP contribution < -0.4 is 37.1 Å². The standard InChI is InChI=1S/C53H61N9O9/c1-34(48(54)63)58-49(64)45(26-38-28-56-43-20-12-11-19-42(38)43)60-52(67)47(32-69-30-36-13-5-2-6-14-36)61-50(65)44(25-35-21-23-40(24-22-35)70-31-37-15-7-3-8-16-37)59-51(66)46(27-39-29-55-33-57-39)62-53(68)71-41-17-9-4-10-18-41/h2-3,5-8,11-16,19-24,28-29,33-34,41,44-47,56H,4,9-10,17-18,25-27,30-32H2,1H3,(H2,54,63)(H,55,57)(H,58,64)(H,59,66)(H,60,67)(H,61,65)(H,62,68)/t34-,44+,45+,46+,47+/m0/s1. The molecule has 1 aliphatic carbocycles. The van der Waals surface area contributed by atoms with Crippen molar-refractivity contribution in [1.82, 2.24) is 41.5 Å². The molecule has 0 spiro atoms. The van der Waals surface area contributed by atoms with Gasteiger partial charge in [0, 0.05) is 48.3 Å². The Hall–Kier alpha value is -7.99. The molecule has 4 aromatic carbocycles. The number of ether oxygens (including phenoxy) is 3. The minimum absolute atomic E-state index is 0.00372. The highest BCUT2D eigenvalue weighted by atomic mass is 16.6. The quantitative estimate of drug-likeness (QED) is 0.0419. The number of hydrogen-bond donors (Lipinski definition) is 8. The third-order valence-electron chi connectivity index (χ3n) is 12.2. The molecule has 9 N–H and O–H groups in total. The van der Waals surface area contributed by atoms with Crippen LogP contribution in [0.1, 0.15) is 67.0 Å². The number of para-hydroxylation sites is 1. The van der Waals surface area contributed by atoms with Crippen LogP contribution in [-0.4, -0.2) is 93.5 Å². The monoisotopic (exact) mass is 967 g/mol. The van der Waals surface area contributed by atoms with Gasteiger partial charge in [-0.05, 0) is 73.1 Å². The molecule has 0 bridgehead atoms. The van der Waals surface area contributed by atoms with Crippen molar-refractivity contribution in [2.24, 2.45) is 5.73 Å². The van der Waals surface area contributed by atoms with E-state index in [-0.39, 0.29) is 38.6 Å². The fraction of sp³-hybridized carbons (Fsp3) is 0.340. The smallest absolute Gasteiger partial charge is 0.408 e. The van der Waals surface area contributed by atoms with E-state index in [4.69, 9.17) is 19.9 Å². The molecular formula is C53H61N9O9. The number of imidazole rings is 1. The molecule has 1 aliphatic rings. The summed E-state index contributed by atoms with van der Waals surface area (Å²) < 4.78 is 17.8. The third-order valence-corrected chi connectivity index (χ3v) is 12.2. The van der Waals surface area contributed by atoms with Gasteiger partial charge in [0.2, 0.25) is 29.5 Å². The Kier molecular flexibility index (Phi) is 18.3. The van der Waals surface area contributed by atoms with Gasteiger partial charge in [-0.3, -0.25) is 24.0 Å². The number of nitrogens with zero attached hydrogens (tertiary/aromatic N) is 1. The van der Waals surface area contributed by atoms with Gasteiger partial charge in [-0.1, -0.05) is 97.4 Å². The summed E-state index contributed by atoms with van der Waals surface area (Å²) in [5.41, 5.74) is 9.96. The molecule has 18 heteroatoms. The normalized spacial score (nSPS) is 14.7. The van der Waals surface area contributed by atoms with Gasteiger partial charge < -0.3 is 56.5 Å². The van der Waals surface area contributed by atoms with Crippen molar-refractivity contribution in [3.05, 3.63) is 156 Å². The fourth-order valence-corrected chi connectivity index (χ4v) is 8.23. The lowest BCUT2D eigenvalue weighted by Crippen LogP contribution is -2.60. The number of amides is 6. The van der Waals surface area contributed by atoms with Crippen molar-refractivity contribution in [1.29, 1.82) is 0 Å². The van der Waals surface area contributed by atoms with E-state index in [1.165, 1.54) is 19.4 Å². The number of alkyl carbamates (subject to hydrolysis) is 1. The van der Waals surface area contributed by atoms with Gasteiger partial charge in [-0.25, -0.2) is 9.78 Å². The summed E-state index contributed by atoms with van der Waals surface area (Å²) in [5.74, 6) is -3.15. The van der Waals surface area contributed by atoms with E-state index in [0.717, 1.165) is 41.3 Å². The maximum atomic E-state index is 14.8. The maximum Gasteiger partial charge on any atom is 0.408 e. The SMILES string of the molecule is C[C@H](NC(=O)[C@@H](Cc1c[nH]c2ccccc12)NC(=O)[C@@H](COCc1ccccc1)NC(=O)[C@@H](Cc1ccc(OCc2ccccc2)cc1)NC(=O)[C@@H](Cc1cnc[nH]1)NC(=O)OC1CCCCC1)C(N)=O. The average molecular weight is 968 g/mol.